The molecule has 0 aromatic heterocycles. The molecule has 1 fully saturated rings. The van der Waals surface area contributed by atoms with E-state index in [1.54, 1.807) is 18.2 Å². The average molecular weight is 274 g/mol. The summed E-state index contributed by atoms with van der Waals surface area (Å²) in [7, 11) is 0. The number of hydrogen-bond donors (Lipinski definition) is 2. The summed E-state index contributed by atoms with van der Waals surface area (Å²) >= 11 is 0. The Morgan fingerprint density at radius 1 is 1.35 bits per heavy atom. The lowest BCUT2D eigenvalue weighted by Gasteiger charge is -2.22. The van der Waals surface area contributed by atoms with Gasteiger partial charge in [0.15, 0.2) is 5.78 Å². The molecule has 20 heavy (non-hydrogen) atoms. The minimum absolute atomic E-state index is 0.0000737. The molecule has 5 heteroatoms. The maximum absolute atomic E-state index is 12.1. The second-order valence-corrected chi connectivity index (χ2v) is 5.09. The Morgan fingerprint density at radius 3 is 2.70 bits per heavy atom. The van der Waals surface area contributed by atoms with Crippen molar-refractivity contribution in [2.24, 2.45) is 0 Å². The first kappa shape index (κ1) is 14.2. The molecule has 5 nitrogen and oxygen atoms in total. The SMILES string of the molecule is CC(=O)c1ccc(NC(=O)[C@@H]2CCCC(=O)N2)cc1C. The zero-order valence-corrected chi connectivity index (χ0v) is 11.7. The van der Waals surface area contributed by atoms with E-state index in [-0.39, 0.29) is 17.6 Å². The van der Waals surface area contributed by atoms with E-state index in [2.05, 4.69) is 10.6 Å². The van der Waals surface area contributed by atoms with Crippen LogP contribution in [-0.4, -0.2) is 23.6 Å². The quantitative estimate of drug-likeness (QED) is 0.825. The summed E-state index contributed by atoms with van der Waals surface area (Å²) in [6.45, 7) is 3.34. The lowest BCUT2D eigenvalue weighted by Crippen LogP contribution is -2.46. The highest BCUT2D eigenvalue weighted by molar-refractivity contribution is 5.99. The van der Waals surface area contributed by atoms with Crippen molar-refractivity contribution in [3.63, 3.8) is 0 Å². The van der Waals surface area contributed by atoms with Crippen LogP contribution in [0.5, 0.6) is 0 Å². The van der Waals surface area contributed by atoms with Crippen LogP contribution >= 0.6 is 0 Å². The molecule has 106 valence electrons. The molecular weight excluding hydrogens is 256 g/mol. The third-order valence-electron chi connectivity index (χ3n) is 3.42. The minimum Gasteiger partial charge on any atom is -0.344 e. The number of aryl methyl sites for hydroxylation is 1. The van der Waals surface area contributed by atoms with Gasteiger partial charge in [0.1, 0.15) is 6.04 Å². The number of rotatable bonds is 3. The number of carbonyl (C=O) groups excluding carboxylic acids is 3. The number of piperidine rings is 1. The smallest absolute Gasteiger partial charge is 0.246 e. The standard InChI is InChI=1S/C15H18N2O3/c1-9-8-11(6-7-12(9)10(2)18)16-15(20)13-4-3-5-14(19)17-13/h6-8,13H,3-5H2,1-2H3,(H,16,20)(H,17,19)/t13-/m0/s1. The van der Waals surface area contributed by atoms with E-state index < -0.39 is 6.04 Å². The first-order valence-electron chi connectivity index (χ1n) is 6.69. The second kappa shape index (κ2) is 5.86. The number of ketones is 1. The van der Waals surface area contributed by atoms with Crippen LogP contribution in [0.3, 0.4) is 0 Å². The zero-order valence-electron chi connectivity index (χ0n) is 11.7. The topological polar surface area (TPSA) is 75.3 Å². The number of amides is 2. The Balaban J connectivity index is 2.06. The van der Waals surface area contributed by atoms with Crippen molar-refractivity contribution in [1.82, 2.24) is 5.32 Å². The van der Waals surface area contributed by atoms with Gasteiger partial charge in [0.05, 0.1) is 0 Å². The molecule has 1 heterocycles. The van der Waals surface area contributed by atoms with Crippen LogP contribution in [0.1, 0.15) is 42.1 Å². The Bertz CT molecular complexity index is 566. The largest absolute Gasteiger partial charge is 0.344 e. The number of nitrogens with one attached hydrogen (secondary N) is 2. The number of anilines is 1. The summed E-state index contributed by atoms with van der Waals surface area (Å²) in [6, 6.07) is 4.70. The van der Waals surface area contributed by atoms with Crippen molar-refractivity contribution in [2.75, 3.05) is 5.32 Å². The van der Waals surface area contributed by atoms with Crippen LogP contribution in [0.2, 0.25) is 0 Å². The van der Waals surface area contributed by atoms with E-state index in [9.17, 15) is 14.4 Å². The van der Waals surface area contributed by atoms with Crippen molar-refractivity contribution >= 4 is 23.3 Å². The minimum atomic E-state index is -0.468. The number of benzene rings is 1. The van der Waals surface area contributed by atoms with Crippen molar-refractivity contribution in [2.45, 2.75) is 39.2 Å². The van der Waals surface area contributed by atoms with Gasteiger partial charge in [-0.05, 0) is 50.5 Å². The first-order chi connectivity index (χ1) is 9.47. The molecule has 1 atom stereocenters. The molecular formula is C15H18N2O3. The van der Waals surface area contributed by atoms with Crippen LogP contribution in [0.4, 0.5) is 5.69 Å². The molecule has 1 aromatic rings. The molecule has 1 aromatic carbocycles. The molecule has 0 aliphatic carbocycles. The van der Waals surface area contributed by atoms with E-state index in [1.807, 2.05) is 6.92 Å². The highest BCUT2D eigenvalue weighted by Gasteiger charge is 2.24. The van der Waals surface area contributed by atoms with E-state index in [4.69, 9.17) is 0 Å². The van der Waals surface area contributed by atoms with E-state index in [0.717, 1.165) is 12.0 Å². The van der Waals surface area contributed by atoms with Gasteiger partial charge < -0.3 is 10.6 Å². The first-order valence-corrected chi connectivity index (χ1v) is 6.69. The van der Waals surface area contributed by atoms with Gasteiger partial charge in [-0.3, -0.25) is 14.4 Å². The normalized spacial score (nSPS) is 18.3. The van der Waals surface area contributed by atoms with Crippen LogP contribution < -0.4 is 10.6 Å². The number of Topliss-reactive ketones (excluding diaryl/α,β-unsaturated/α-hetero) is 1. The van der Waals surface area contributed by atoms with Gasteiger partial charge in [0.2, 0.25) is 11.8 Å². The summed E-state index contributed by atoms with van der Waals surface area (Å²) < 4.78 is 0. The highest BCUT2D eigenvalue weighted by Crippen LogP contribution is 2.17. The molecule has 1 aliphatic heterocycles. The lowest BCUT2D eigenvalue weighted by molar-refractivity contribution is -0.128. The summed E-state index contributed by atoms with van der Waals surface area (Å²) in [4.78, 5) is 34.7. The van der Waals surface area contributed by atoms with Gasteiger partial charge in [-0.2, -0.15) is 0 Å². The third kappa shape index (κ3) is 3.23. The maximum atomic E-state index is 12.1. The van der Waals surface area contributed by atoms with Crippen molar-refractivity contribution in [1.29, 1.82) is 0 Å². The number of carbonyl (C=O) groups is 3. The van der Waals surface area contributed by atoms with E-state index in [0.29, 0.717) is 24.1 Å². The molecule has 0 spiro atoms. The Kier molecular flexibility index (Phi) is 4.17. The van der Waals surface area contributed by atoms with Gasteiger partial charge in [-0.25, -0.2) is 0 Å². The second-order valence-electron chi connectivity index (χ2n) is 5.09. The molecule has 0 bridgehead atoms. The molecule has 0 radical (unpaired) electrons. The summed E-state index contributed by atoms with van der Waals surface area (Å²) in [5, 5.41) is 5.45. The van der Waals surface area contributed by atoms with Crippen LogP contribution in [0.15, 0.2) is 18.2 Å². The summed E-state index contributed by atoms with van der Waals surface area (Å²) in [5.41, 5.74) is 2.11. The third-order valence-corrected chi connectivity index (χ3v) is 3.42. The van der Waals surface area contributed by atoms with Crippen molar-refractivity contribution < 1.29 is 14.4 Å². The Morgan fingerprint density at radius 2 is 2.10 bits per heavy atom. The van der Waals surface area contributed by atoms with Gasteiger partial charge in [-0.15, -0.1) is 0 Å². The monoisotopic (exact) mass is 274 g/mol. The Hall–Kier alpha value is -2.17. The molecule has 1 saturated heterocycles. The fourth-order valence-corrected chi connectivity index (χ4v) is 2.37. The van der Waals surface area contributed by atoms with Gasteiger partial charge in [0.25, 0.3) is 0 Å². The fraction of sp³-hybridized carbons (Fsp3) is 0.400. The molecule has 0 unspecified atom stereocenters. The molecule has 0 saturated carbocycles. The van der Waals surface area contributed by atoms with Gasteiger partial charge in [-0.1, -0.05) is 0 Å². The highest BCUT2D eigenvalue weighted by atomic mass is 16.2. The van der Waals surface area contributed by atoms with Crippen molar-refractivity contribution in [3.05, 3.63) is 29.3 Å². The van der Waals surface area contributed by atoms with Gasteiger partial charge in [0, 0.05) is 17.7 Å². The van der Waals surface area contributed by atoms with Gasteiger partial charge >= 0.3 is 0 Å². The Labute approximate surface area is 117 Å². The molecule has 2 amide bonds. The summed E-state index contributed by atoms with van der Waals surface area (Å²) in [6.07, 6.45) is 1.87. The average Bonchev–Trinajstić information content (AvgIpc) is 2.38. The summed E-state index contributed by atoms with van der Waals surface area (Å²) in [5.74, 6) is -0.299. The van der Waals surface area contributed by atoms with Crippen LogP contribution in [0.25, 0.3) is 0 Å². The van der Waals surface area contributed by atoms with E-state index >= 15 is 0 Å². The van der Waals surface area contributed by atoms with E-state index in [1.165, 1.54) is 6.92 Å². The fourth-order valence-electron chi connectivity index (χ4n) is 2.37. The zero-order chi connectivity index (χ0) is 14.7. The van der Waals surface area contributed by atoms with Crippen molar-refractivity contribution in [3.8, 4) is 0 Å². The molecule has 2 N–H and O–H groups in total. The van der Waals surface area contributed by atoms with Crippen LogP contribution in [0, 0.1) is 6.92 Å². The predicted octanol–water partition coefficient (Wildman–Crippen LogP) is 1.80. The number of hydrogen-bond acceptors (Lipinski definition) is 3. The molecule has 2 rings (SSSR count). The lowest BCUT2D eigenvalue weighted by atomic mass is 10.0. The molecule has 1 aliphatic rings. The van der Waals surface area contributed by atoms with Crippen LogP contribution in [-0.2, 0) is 9.59 Å². The maximum Gasteiger partial charge on any atom is 0.246 e. The predicted molar refractivity (Wildman–Crippen MR) is 75.6 cm³/mol.